The van der Waals surface area contributed by atoms with E-state index in [9.17, 15) is 34.8 Å². The van der Waals surface area contributed by atoms with Crippen LogP contribution in [0.4, 0.5) is 0 Å². The quantitative estimate of drug-likeness (QED) is 0.131. The molecular formula is C25H29N3O8. The molecule has 1 saturated carbocycles. The lowest BCUT2D eigenvalue weighted by Crippen LogP contribution is -2.65. The molecule has 1 amide bonds. The van der Waals surface area contributed by atoms with Crippen LogP contribution in [0, 0.1) is 11.8 Å². The number of likely N-dealkylation sites (N-methyl/N-ethyl adjacent to an activating group) is 1. The maximum atomic E-state index is 13.8. The molecule has 4 atom stereocenters. The van der Waals surface area contributed by atoms with Crippen LogP contribution in [0.25, 0.3) is 5.76 Å². The molecule has 0 heterocycles. The lowest BCUT2D eigenvalue weighted by Gasteiger charge is -2.50. The van der Waals surface area contributed by atoms with Gasteiger partial charge in [-0.2, -0.15) is 5.48 Å². The van der Waals surface area contributed by atoms with Gasteiger partial charge in [-0.3, -0.25) is 24.1 Å². The fourth-order valence-electron chi connectivity index (χ4n) is 5.72. The lowest BCUT2D eigenvalue weighted by molar-refractivity contribution is -0.153. The number of ketones is 2. The molecule has 0 radical (unpaired) electrons. The Morgan fingerprint density at radius 1 is 1.31 bits per heavy atom. The largest absolute Gasteiger partial charge is 0.508 e. The second-order valence-electron chi connectivity index (χ2n) is 9.48. The maximum Gasteiger partial charge on any atom is 0.255 e. The summed E-state index contributed by atoms with van der Waals surface area (Å²) in [7, 11) is 3.11. The molecule has 192 valence electrons. The van der Waals surface area contributed by atoms with Crippen molar-refractivity contribution in [3.8, 4) is 5.75 Å². The first-order valence-corrected chi connectivity index (χ1v) is 11.4. The van der Waals surface area contributed by atoms with E-state index in [2.05, 4.69) is 12.1 Å². The van der Waals surface area contributed by atoms with E-state index in [0.717, 1.165) is 0 Å². The van der Waals surface area contributed by atoms with Gasteiger partial charge in [-0.1, -0.05) is 12.1 Å². The van der Waals surface area contributed by atoms with Gasteiger partial charge in [0.05, 0.1) is 18.2 Å². The summed E-state index contributed by atoms with van der Waals surface area (Å²) in [4.78, 5) is 45.6. The summed E-state index contributed by atoms with van der Waals surface area (Å²) < 4.78 is 0. The second kappa shape index (κ2) is 9.17. The topological polar surface area (TPSA) is 183 Å². The van der Waals surface area contributed by atoms with E-state index in [1.807, 2.05) is 0 Å². The van der Waals surface area contributed by atoms with Gasteiger partial charge in [0.15, 0.2) is 11.4 Å². The zero-order chi connectivity index (χ0) is 26.5. The van der Waals surface area contributed by atoms with Crippen LogP contribution in [0.1, 0.15) is 23.1 Å². The number of carbonyl (C=O) groups excluding carboxylic acids is 3. The molecule has 0 bridgehead atoms. The van der Waals surface area contributed by atoms with Gasteiger partial charge in [-0.15, -0.1) is 6.58 Å². The number of nitrogens with zero attached hydrogens (tertiary/aromatic N) is 1. The number of aliphatic hydroxyl groups is 3. The number of rotatable bonds is 7. The van der Waals surface area contributed by atoms with Crippen molar-refractivity contribution in [1.82, 2.24) is 10.4 Å². The van der Waals surface area contributed by atoms with Crippen molar-refractivity contribution in [2.75, 3.05) is 20.7 Å². The molecule has 1 fully saturated rings. The predicted octanol–water partition coefficient (Wildman–Crippen LogP) is 0.171. The van der Waals surface area contributed by atoms with Crippen LogP contribution in [0.5, 0.6) is 5.75 Å². The summed E-state index contributed by atoms with van der Waals surface area (Å²) in [5.74, 6) is -6.77. The molecule has 3 aliphatic rings. The second-order valence-corrected chi connectivity index (χ2v) is 9.48. The summed E-state index contributed by atoms with van der Waals surface area (Å²) in [5.41, 5.74) is 5.73. The van der Waals surface area contributed by atoms with Crippen LogP contribution in [-0.2, 0) is 32.2 Å². The molecule has 1 aromatic rings. The third-order valence-corrected chi connectivity index (χ3v) is 7.27. The number of aliphatic hydroxyl groups excluding tert-OH is 2. The highest BCUT2D eigenvalue weighted by Gasteiger charge is 2.64. The monoisotopic (exact) mass is 499 g/mol. The van der Waals surface area contributed by atoms with Gasteiger partial charge in [0.1, 0.15) is 22.8 Å². The van der Waals surface area contributed by atoms with Crippen molar-refractivity contribution < 1.29 is 39.6 Å². The van der Waals surface area contributed by atoms with Crippen LogP contribution in [0.3, 0.4) is 0 Å². The molecule has 0 saturated heterocycles. The summed E-state index contributed by atoms with van der Waals surface area (Å²) >= 11 is 0. The first-order chi connectivity index (χ1) is 17.0. The molecule has 11 nitrogen and oxygen atoms in total. The molecule has 36 heavy (non-hydrogen) atoms. The molecule has 4 rings (SSSR count). The Bertz CT molecular complexity index is 1230. The molecule has 1 aromatic carbocycles. The summed E-state index contributed by atoms with van der Waals surface area (Å²) in [6.07, 6.45) is 1.80. The van der Waals surface area contributed by atoms with E-state index in [-0.39, 0.29) is 42.9 Å². The number of hydrogen-bond donors (Lipinski definition) is 6. The van der Waals surface area contributed by atoms with Crippen LogP contribution in [-0.4, -0.2) is 75.1 Å². The Kier molecular flexibility index (Phi) is 6.52. The molecule has 0 spiro atoms. The Morgan fingerprint density at radius 2 is 2.00 bits per heavy atom. The van der Waals surface area contributed by atoms with Crippen molar-refractivity contribution in [2.24, 2.45) is 17.6 Å². The number of aromatic hydroxyl groups is 1. The van der Waals surface area contributed by atoms with E-state index in [4.69, 9.17) is 10.6 Å². The van der Waals surface area contributed by atoms with E-state index in [1.54, 1.807) is 26.2 Å². The van der Waals surface area contributed by atoms with Gasteiger partial charge in [0.2, 0.25) is 5.78 Å². The zero-order valence-corrected chi connectivity index (χ0v) is 19.9. The summed E-state index contributed by atoms with van der Waals surface area (Å²) in [6.45, 7) is 4.06. The average Bonchev–Trinajstić information content (AvgIpc) is 2.80. The highest BCUT2D eigenvalue weighted by molar-refractivity contribution is 6.24. The van der Waals surface area contributed by atoms with Gasteiger partial charge in [0.25, 0.3) is 5.91 Å². The van der Waals surface area contributed by atoms with Crippen molar-refractivity contribution >= 4 is 23.2 Å². The average molecular weight is 500 g/mol. The van der Waals surface area contributed by atoms with Crippen LogP contribution in [0.15, 0.2) is 41.7 Å². The van der Waals surface area contributed by atoms with E-state index < -0.39 is 58.0 Å². The molecule has 11 heteroatoms. The summed E-state index contributed by atoms with van der Waals surface area (Å²) in [5, 5.41) is 44.2. The molecule has 0 aliphatic heterocycles. The van der Waals surface area contributed by atoms with Crippen molar-refractivity contribution in [3.05, 3.63) is 58.4 Å². The number of hydrogen-bond acceptors (Lipinski definition) is 10. The molecular weight excluding hydrogens is 470 g/mol. The minimum absolute atomic E-state index is 0.0290. The number of primary amides is 1. The third kappa shape index (κ3) is 3.63. The SMILES string of the molecule is C=CCONCc1ccc(O)c2c1C[C@H]1C[C@H]3[C@@H](N(C)C)C(=O)C(C(N)=O)=C(O)[C@@]3(O)C(=O)C1=C2O. The summed E-state index contributed by atoms with van der Waals surface area (Å²) in [6, 6.07) is 1.91. The number of phenolic OH excluding ortho intramolecular Hbond substituents is 1. The standard InChI is InChI=1S/C25H29N3O8/c1-4-7-36-27-10-11-5-6-15(29)17-13(11)8-12-9-14-19(28(2)3)21(31)18(24(26)34)23(33)25(14,35)22(32)16(12)20(17)30/h4-6,12,14,19,27,29-30,33,35H,1,7-10H2,2-3H3,(H2,26,34)/t12-,14-,19+,25-/m0/s1. The number of benzene rings is 1. The first-order valence-electron chi connectivity index (χ1n) is 11.4. The van der Waals surface area contributed by atoms with E-state index >= 15 is 0 Å². The smallest absolute Gasteiger partial charge is 0.255 e. The van der Waals surface area contributed by atoms with Gasteiger partial charge in [-0.05, 0) is 50.0 Å². The highest BCUT2D eigenvalue weighted by Crippen LogP contribution is 2.52. The number of hydroxylamine groups is 1. The van der Waals surface area contributed by atoms with E-state index in [1.165, 1.54) is 11.0 Å². The lowest BCUT2D eigenvalue weighted by atomic mass is 9.57. The van der Waals surface area contributed by atoms with Crippen molar-refractivity contribution in [2.45, 2.75) is 31.0 Å². The number of amides is 1. The number of fused-ring (bicyclic) bond motifs is 3. The van der Waals surface area contributed by atoms with Gasteiger partial charge >= 0.3 is 0 Å². The molecule has 0 unspecified atom stereocenters. The minimum atomic E-state index is -2.65. The van der Waals surface area contributed by atoms with E-state index in [0.29, 0.717) is 11.1 Å². The fourth-order valence-corrected chi connectivity index (χ4v) is 5.72. The predicted molar refractivity (Wildman–Crippen MR) is 127 cm³/mol. The van der Waals surface area contributed by atoms with Gasteiger partial charge in [0, 0.05) is 18.0 Å². The third-order valence-electron chi connectivity index (χ3n) is 7.27. The van der Waals surface area contributed by atoms with Gasteiger partial charge in [-0.25, -0.2) is 0 Å². The number of Topliss-reactive ketones (excluding diaryl/α,β-unsaturated/α-hetero) is 2. The first kappa shape index (κ1) is 25.6. The Labute approximate surface area is 207 Å². The van der Waals surface area contributed by atoms with Crippen LogP contribution < -0.4 is 11.2 Å². The van der Waals surface area contributed by atoms with Crippen molar-refractivity contribution in [1.29, 1.82) is 0 Å². The molecule has 3 aliphatic carbocycles. The molecule has 0 aromatic heterocycles. The van der Waals surface area contributed by atoms with Crippen LogP contribution >= 0.6 is 0 Å². The zero-order valence-electron chi connectivity index (χ0n) is 19.9. The number of nitrogens with two attached hydrogens (primary N) is 1. The Morgan fingerprint density at radius 3 is 2.61 bits per heavy atom. The highest BCUT2D eigenvalue weighted by atomic mass is 16.6. The Balaban J connectivity index is 1.87. The number of carbonyl (C=O) groups is 3. The minimum Gasteiger partial charge on any atom is -0.508 e. The molecule has 7 N–H and O–H groups in total. The van der Waals surface area contributed by atoms with Crippen LogP contribution in [0.2, 0.25) is 0 Å². The number of phenols is 1. The normalized spacial score (nSPS) is 27.6. The fraction of sp³-hybridized carbons (Fsp3) is 0.400. The maximum absolute atomic E-state index is 13.8. The van der Waals surface area contributed by atoms with Gasteiger partial charge < -0.3 is 26.2 Å². The Hall–Kier alpha value is -3.51. The number of nitrogens with one attached hydrogen (secondary N) is 1. The van der Waals surface area contributed by atoms with Crippen molar-refractivity contribution in [3.63, 3.8) is 0 Å².